The predicted molar refractivity (Wildman–Crippen MR) is 81.0 cm³/mol. The van der Waals surface area contributed by atoms with Crippen LogP contribution < -0.4 is 0 Å². The third kappa shape index (κ3) is 2.41. The quantitative estimate of drug-likeness (QED) is 0.904. The Balaban J connectivity index is 2.06. The average Bonchev–Trinajstić information content (AvgIpc) is 2.78. The minimum atomic E-state index is -0.799. The van der Waals surface area contributed by atoms with E-state index in [2.05, 4.69) is 6.08 Å². The highest BCUT2D eigenvalue weighted by atomic mass is 16.4. The molecule has 0 saturated carbocycles. The number of rotatable bonds is 3. The van der Waals surface area contributed by atoms with E-state index in [1.165, 1.54) is 0 Å². The SMILES string of the molecule is O=C(O)CC1=CC(=Cc2ccccc2)c2ccccc21. The lowest BCUT2D eigenvalue weighted by atomic mass is 10.0. The van der Waals surface area contributed by atoms with E-state index in [0.717, 1.165) is 27.8 Å². The molecule has 0 aromatic heterocycles. The lowest BCUT2D eigenvalue weighted by Gasteiger charge is -2.03. The molecule has 2 aromatic rings. The van der Waals surface area contributed by atoms with Crippen molar-refractivity contribution in [1.29, 1.82) is 0 Å². The Labute approximate surface area is 117 Å². The molecular weight excluding hydrogens is 248 g/mol. The van der Waals surface area contributed by atoms with Crippen LogP contribution in [-0.4, -0.2) is 11.1 Å². The van der Waals surface area contributed by atoms with Crippen LogP contribution in [0.4, 0.5) is 0 Å². The van der Waals surface area contributed by atoms with Gasteiger partial charge in [-0.15, -0.1) is 0 Å². The highest BCUT2D eigenvalue weighted by molar-refractivity contribution is 6.04. The van der Waals surface area contributed by atoms with E-state index in [-0.39, 0.29) is 6.42 Å². The Morgan fingerprint density at radius 2 is 1.60 bits per heavy atom. The largest absolute Gasteiger partial charge is 0.481 e. The molecule has 98 valence electrons. The van der Waals surface area contributed by atoms with Gasteiger partial charge >= 0.3 is 5.97 Å². The lowest BCUT2D eigenvalue weighted by Crippen LogP contribution is -1.95. The number of fused-ring (bicyclic) bond motifs is 1. The van der Waals surface area contributed by atoms with E-state index in [0.29, 0.717) is 0 Å². The maximum Gasteiger partial charge on any atom is 0.307 e. The first kappa shape index (κ1) is 12.4. The maximum absolute atomic E-state index is 11.0. The molecule has 0 amide bonds. The van der Waals surface area contributed by atoms with Crippen LogP contribution in [0.5, 0.6) is 0 Å². The van der Waals surface area contributed by atoms with E-state index < -0.39 is 5.97 Å². The first-order valence-corrected chi connectivity index (χ1v) is 6.53. The van der Waals surface area contributed by atoms with Crippen molar-refractivity contribution in [3.05, 3.63) is 77.4 Å². The van der Waals surface area contributed by atoms with Crippen LogP contribution >= 0.6 is 0 Å². The summed E-state index contributed by atoms with van der Waals surface area (Å²) in [5.41, 5.74) is 5.19. The second kappa shape index (κ2) is 5.17. The molecule has 2 aromatic carbocycles. The Morgan fingerprint density at radius 3 is 2.30 bits per heavy atom. The second-order valence-electron chi connectivity index (χ2n) is 4.80. The number of allylic oxidation sites excluding steroid dienone is 2. The van der Waals surface area contributed by atoms with Gasteiger partial charge in [0, 0.05) is 0 Å². The molecule has 0 aliphatic heterocycles. The van der Waals surface area contributed by atoms with Crippen molar-refractivity contribution in [2.24, 2.45) is 0 Å². The van der Waals surface area contributed by atoms with Gasteiger partial charge in [0.05, 0.1) is 6.42 Å². The van der Waals surface area contributed by atoms with Crippen molar-refractivity contribution in [2.75, 3.05) is 0 Å². The fraction of sp³-hybridized carbons (Fsp3) is 0.0556. The summed E-state index contributed by atoms with van der Waals surface area (Å²) in [5.74, 6) is -0.799. The fourth-order valence-electron chi connectivity index (χ4n) is 2.52. The number of aliphatic carboxylic acids is 1. The van der Waals surface area contributed by atoms with Crippen molar-refractivity contribution in [2.45, 2.75) is 6.42 Å². The van der Waals surface area contributed by atoms with E-state index in [4.69, 9.17) is 5.11 Å². The first-order valence-electron chi connectivity index (χ1n) is 6.53. The minimum absolute atomic E-state index is 0.0587. The lowest BCUT2D eigenvalue weighted by molar-refractivity contribution is -0.135. The molecule has 3 rings (SSSR count). The third-order valence-electron chi connectivity index (χ3n) is 3.38. The number of carbonyl (C=O) groups is 1. The van der Waals surface area contributed by atoms with E-state index in [1.54, 1.807) is 0 Å². The van der Waals surface area contributed by atoms with Crippen molar-refractivity contribution >= 4 is 23.2 Å². The summed E-state index contributed by atoms with van der Waals surface area (Å²) in [5, 5.41) is 9.02. The zero-order chi connectivity index (χ0) is 13.9. The molecule has 0 spiro atoms. The molecule has 0 saturated heterocycles. The van der Waals surface area contributed by atoms with E-state index in [1.807, 2.05) is 60.7 Å². The molecule has 2 heteroatoms. The van der Waals surface area contributed by atoms with Gasteiger partial charge in [-0.2, -0.15) is 0 Å². The molecule has 0 unspecified atom stereocenters. The van der Waals surface area contributed by atoms with Crippen molar-refractivity contribution < 1.29 is 9.90 Å². The molecule has 1 N–H and O–H groups in total. The molecular formula is C18H14O2. The summed E-state index contributed by atoms with van der Waals surface area (Å²) in [7, 11) is 0. The monoisotopic (exact) mass is 262 g/mol. The van der Waals surface area contributed by atoms with Crippen molar-refractivity contribution in [3.8, 4) is 0 Å². The van der Waals surface area contributed by atoms with Gasteiger partial charge in [0.2, 0.25) is 0 Å². The molecule has 20 heavy (non-hydrogen) atoms. The molecule has 0 heterocycles. The Hall–Kier alpha value is -2.61. The summed E-state index contributed by atoms with van der Waals surface area (Å²) >= 11 is 0. The summed E-state index contributed by atoms with van der Waals surface area (Å²) in [6.07, 6.45) is 4.13. The minimum Gasteiger partial charge on any atom is -0.481 e. The molecule has 0 fully saturated rings. The van der Waals surface area contributed by atoms with Crippen LogP contribution in [0.1, 0.15) is 23.1 Å². The number of hydrogen-bond acceptors (Lipinski definition) is 1. The summed E-state index contributed by atoms with van der Waals surface area (Å²) in [4.78, 5) is 11.0. The predicted octanol–water partition coefficient (Wildman–Crippen LogP) is 4.10. The highest BCUT2D eigenvalue weighted by Crippen LogP contribution is 2.37. The van der Waals surface area contributed by atoms with Crippen LogP contribution in [0.15, 0.2) is 60.7 Å². The van der Waals surface area contributed by atoms with E-state index in [9.17, 15) is 4.79 Å². The van der Waals surface area contributed by atoms with Gasteiger partial charge in [-0.25, -0.2) is 0 Å². The summed E-state index contributed by atoms with van der Waals surface area (Å²) in [6, 6.07) is 18.0. The van der Waals surface area contributed by atoms with Gasteiger partial charge in [0.15, 0.2) is 0 Å². The van der Waals surface area contributed by atoms with Gasteiger partial charge in [0.1, 0.15) is 0 Å². The fourth-order valence-corrected chi connectivity index (χ4v) is 2.52. The number of benzene rings is 2. The van der Waals surface area contributed by atoms with Crippen LogP contribution in [-0.2, 0) is 4.79 Å². The van der Waals surface area contributed by atoms with Crippen molar-refractivity contribution in [1.82, 2.24) is 0 Å². The molecule has 0 atom stereocenters. The Bertz CT molecular complexity index is 709. The molecule has 2 nitrogen and oxygen atoms in total. The summed E-state index contributed by atoms with van der Waals surface area (Å²) in [6.45, 7) is 0. The first-order chi connectivity index (χ1) is 9.74. The molecule has 1 aliphatic rings. The Morgan fingerprint density at radius 1 is 0.950 bits per heavy atom. The number of hydrogen-bond donors (Lipinski definition) is 1. The zero-order valence-electron chi connectivity index (χ0n) is 10.9. The van der Waals surface area contributed by atoms with Crippen LogP contribution in [0, 0.1) is 0 Å². The number of carboxylic acid groups (broad SMARTS) is 1. The molecule has 1 aliphatic carbocycles. The average molecular weight is 262 g/mol. The van der Waals surface area contributed by atoms with Crippen LogP contribution in [0.2, 0.25) is 0 Å². The normalized spacial score (nSPS) is 15.0. The highest BCUT2D eigenvalue weighted by Gasteiger charge is 2.19. The van der Waals surface area contributed by atoms with Gasteiger partial charge in [-0.1, -0.05) is 54.6 Å². The molecule has 0 bridgehead atoms. The van der Waals surface area contributed by atoms with Crippen LogP contribution in [0.25, 0.3) is 17.2 Å². The third-order valence-corrected chi connectivity index (χ3v) is 3.38. The number of carboxylic acids is 1. The standard InChI is InChI=1S/C18H14O2/c19-18(20)12-15-11-14(10-13-6-2-1-3-7-13)16-8-4-5-9-17(15)16/h1-11H,12H2,(H,19,20). The Kier molecular flexibility index (Phi) is 3.21. The van der Waals surface area contributed by atoms with Gasteiger partial charge in [-0.3, -0.25) is 4.79 Å². The van der Waals surface area contributed by atoms with E-state index >= 15 is 0 Å². The second-order valence-corrected chi connectivity index (χ2v) is 4.80. The van der Waals surface area contributed by atoms with Crippen LogP contribution in [0.3, 0.4) is 0 Å². The summed E-state index contributed by atoms with van der Waals surface area (Å²) < 4.78 is 0. The van der Waals surface area contributed by atoms with Gasteiger partial charge < -0.3 is 5.11 Å². The maximum atomic E-state index is 11.0. The topological polar surface area (TPSA) is 37.3 Å². The smallest absolute Gasteiger partial charge is 0.307 e. The van der Waals surface area contributed by atoms with Gasteiger partial charge in [0.25, 0.3) is 0 Å². The van der Waals surface area contributed by atoms with Gasteiger partial charge in [-0.05, 0) is 40.0 Å². The van der Waals surface area contributed by atoms with Crippen molar-refractivity contribution in [3.63, 3.8) is 0 Å². The zero-order valence-corrected chi connectivity index (χ0v) is 10.9. The molecule has 0 radical (unpaired) electrons.